The molecule has 0 radical (unpaired) electrons. The first kappa shape index (κ1) is 48.4. The molecule has 17 heteroatoms. The van der Waals surface area contributed by atoms with Gasteiger partial charge in [0.1, 0.15) is 41.2 Å². The largest absolute Gasteiger partial charge is 0.507 e. The van der Waals surface area contributed by atoms with Crippen LogP contribution >= 0.6 is 0 Å². The van der Waals surface area contributed by atoms with Crippen LogP contribution in [0, 0.1) is 30.6 Å². The molecule has 3 aliphatic heterocycles. The third kappa shape index (κ3) is 9.28. The SMILES string of the molecule is CO[C@H]1[C@@H](C)[C@H](OC(C)=O)[C@H](C)[C@@H](OC)/C=C/O[C@@]2(C)Oc3c(C)c(O)c4c(=O)c(c5oc6cc(OCCN(C)C)cc(=O)c6nc5c4c3=C2O)NC(=O)/C(C)=C\C=C\[C@H](C)[C@H](O)[C@H]1C. The molecule has 17 nitrogen and oxygen atoms in total. The molecule has 4 heterocycles. The third-order valence-corrected chi connectivity index (χ3v) is 12.4. The molecule has 0 fully saturated rings. The standard InChI is InChI=1S/C48H59N3O14/c1-22-14-13-15-23(2)47(58)50-38-41(56)34-33(37-45(38)64-32-21-29(61-19-17-51(9)10)20-30(53)36(32)49-37)35-44(26(5)40(34)55)65-48(8,46(35)57)62-18-16-31(59-11)24(3)43(63-28(7)52)27(6)42(60-12)25(4)39(22)54/h13-16,18,20-22,24-25,27,31,39,42-43,54-55,57H,17,19H2,1-12H3,(H,50,58)/b14-13+,18-16+,23-15-/t22-,24+,25+,27+,31-,39-,42+,43+,48-/m0/s1. The number of phenols is 1. The van der Waals surface area contributed by atoms with Gasteiger partial charge < -0.3 is 58.4 Å². The number of nitrogens with zero attached hydrogens (tertiary/aromatic N) is 2. The molecular formula is C48H59N3O14. The number of hydrogen-bond acceptors (Lipinski definition) is 16. The molecule has 3 aliphatic rings. The van der Waals surface area contributed by atoms with Crippen LogP contribution in [0.25, 0.3) is 38.7 Å². The summed E-state index contributed by atoms with van der Waals surface area (Å²) in [5.41, 5.74) is -2.34. The van der Waals surface area contributed by atoms with Gasteiger partial charge in [0.2, 0.25) is 10.9 Å². The summed E-state index contributed by atoms with van der Waals surface area (Å²) >= 11 is 0. The zero-order valence-corrected chi connectivity index (χ0v) is 38.8. The number of rotatable bonds is 7. The number of aliphatic hydroxyl groups is 2. The summed E-state index contributed by atoms with van der Waals surface area (Å²) in [6.45, 7) is 13.9. The lowest BCUT2D eigenvalue weighted by atomic mass is 9.78. The lowest BCUT2D eigenvalue weighted by Crippen LogP contribution is -2.47. The number of amides is 1. The number of fused-ring (bicyclic) bond motifs is 14. The van der Waals surface area contributed by atoms with Crippen molar-refractivity contribution in [3.05, 3.63) is 79.5 Å². The first-order valence-corrected chi connectivity index (χ1v) is 21.4. The number of methoxy groups -OCH3 is 2. The molecule has 4 N–H and O–H groups in total. The fourth-order valence-corrected chi connectivity index (χ4v) is 8.71. The van der Waals surface area contributed by atoms with Crippen molar-refractivity contribution in [2.75, 3.05) is 46.8 Å². The molecule has 3 aromatic carbocycles. The molecule has 9 atom stereocenters. The average molecular weight is 902 g/mol. The molecule has 7 rings (SSSR count). The molecule has 1 amide bonds. The summed E-state index contributed by atoms with van der Waals surface area (Å²) in [7, 11) is 6.74. The van der Waals surface area contributed by atoms with Crippen molar-refractivity contribution in [3.8, 4) is 17.2 Å². The summed E-state index contributed by atoms with van der Waals surface area (Å²) in [5.74, 6) is -6.08. The number of likely N-dealkylation sites (N-methyl/N-ethyl adjacent to an activating group) is 1. The number of aromatic nitrogens is 1. The van der Waals surface area contributed by atoms with Crippen LogP contribution in [-0.2, 0) is 28.5 Å². The Morgan fingerprint density at radius 2 is 1.66 bits per heavy atom. The predicted octanol–water partition coefficient (Wildman–Crippen LogP) is 5.15. The number of aromatic hydroxyl groups is 1. The van der Waals surface area contributed by atoms with E-state index < -0.39 is 93.8 Å². The van der Waals surface area contributed by atoms with Crippen LogP contribution < -0.4 is 30.9 Å². The first-order valence-electron chi connectivity index (χ1n) is 21.4. The number of carbonyl (C=O) groups excluding carboxylic acids is 2. The van der Waals surface area contributed by atoms with Crippen molar-refractivity contribution in [3.63, 3.8) is 0 Å². The lowest BCUT2D eigenvalue weighted by Gasteiger charge is -2.39. The number of aliphatic hydroxyl groups excluding tert-OH is 2. The molecule has 0 spiro atoms. The Kier molecular flexibility index (Phi) is 14.3. The van der Waals surface area contributed by atoms with E-state index in [1.807, 2.05) is 46.7 Å². The van der Waals surface area contributed by atoms with Crippen LogP contribution in [0.15, 0.2) is 62.3 Å². The van der Waals surface area contributed by atoms with E-state index in [9.17, 15) is 34.5 Å². The van der Waals surface area contributed by atoms with Gasteiger partial charge >= 0.3 is 11.8 Å². The van der Waals surface area contributed by atoms with Crippen LogP contribution in [0.1, 0.15) is 54.0 Å². The number of ether oxygens (including phenoxy) is 6. The number of carbonyl (C=O) groups is 2. The molecule has 0 aliphatic carbocycles. The second kappa shape index (κ2) is 19.2. The van der Waals surface area contributed by atoms with Crippen molar-refractivity contribution in [2.45, 2.75) is 85.6 Å². The minimum absolute atomic E-state index is 0.0532. The number of phenolic OH excluding ortho intramolecular Hbond substituents is 1. The van der Waals surface area contributed by atoms with Crippen molar-refractivity contribution in [1.82, 2.24) is 9.88 Å². The van der Waals surface area contributed by atoms with Crippen LogP contribution in [-0.4, -0.2) is 109 Å². The molecule has 0 unspecified atom stereocenters. The molecule has 5 bridgehead atoms. The van der Waals surface area contributed by atoms with Crippen molar-refractivity contribution >= 4 is 56.3 Å². The molecule has 0 saturated heterocycles. The number of allylic oxidation sites excluding steroid dienone is 2. The van der Waals surface area contributed by atoms with Crippen LogP contribution in [0.5, 0.6) is 17.2 Å². The van der Waals surface area contributed by atoms with Gasteiger partial charge in [0.25, 0.3) is 5.91 Å². The van der Waals surface area contributed by atoms with Gasteiger partial charge in [-0.1, -0.05) is 45.9 Å². The van der Waals surface area contributed by atoms with Crippen molar-refractivity contribution in [1.29, 1.82) is 0 Å². The predicted molar refractivity (Wildman–Crippen MR) is 244 cm³/mol. The van der Waals surface area contributed by atoms with E-state index in [0.29, 0.717) is 6.54 Å². The Balaban J connectivity index is 1.63. The minimum Gasteiger partial charge on any atom is -0.507 e. The van der Waals surface area contributed by atoms with E-state index in [-0.39, 0.29) is 67.4 Å². The van der Waals surface area contributed by atoms with E-state index >= 15 is 0 Å². The molecule has 65 heavy (non-hydrogen) atoms. The van der Waals surface area contributed by atoms with E-state index in [0.717, 1.165) is 0 Å². The Bertz CT molecular complexity index is 2780. The van der Waals surface area contributed by atoms with E-state index in [1.54, 1.807) is 18.2 Å². The Morgan fingerprint density at radius 3 is 2.31 bits per heavy atom. The van der Waals surface area contributed by atoms with Gasteiger partial charge in [-0.05, 0) is 34.0 Å². The zero-order valence-electron chi connectivity index (χ0n) is 38.8. The van der Waals surface area contributed by atoms with Gasteiger partial charge in [-0.25, -0.2) is 4.98 Å². The number of anilines is 1. The monoisotopic (exact) mass is 901 g/mol. The number of nitrogens with one attached hydrogen (secondary N) is 1. The van der Waals surface area contributed by atoms with Gasteiger partial charge in [0, 0.05) is 86.9 Å². The highest BCUT2D eigenvalue weighted by atomic mass is 16.7. The summed E-state index contributed by atoms with van der Waals surface area (Å²) in [4.78, 5) is 61.5. The van der Waals surface area contributed by atoms with Crippen molar-refractivity contribution in [2.24, 2.45) is 23.7 Å². The van der Waals surface area contributed by atoms with Crippen LogP contribution in [0.2, 0.25) is 0 Å². The topological polar surface area (TPSA) is 226 Å². The highest BCUT2D eigenvalue weighted by Gasteiger charge is 2.44. The average Bonchev–Trinajstić information content (AvgIpc) is 3.52. The van der Waals surface area contributed by atoms with Gasteiger partial charge in [-0.2, -0.15) is 0 Å². The number of hydrogen-bond donors (Lipinski definition) is 4. The zero-order chi connectivity index (χ0) is 47.8. The maximum absolute atomic E-state index is 14.8. The maximum Gasteiger partial charge on any atom is 0.307 e. The fraction of sp³-hybridized carbons (Fsp3) is 0.479. The lowest BCUT2D eigenvalue weighted by molar-refractivity contribution is -0.162. The first-order chi connectivity index (χ1) is 30.6. The smallest absolute Gasteiger partial charge is 0.307 e. The van der Waals surface area contributed by atoms with Gasteiger partial charge in [0.15, 0.2) is 22.4 Å². The Morgan fingerprint density at radius 1 is 0.954 bits per heavy atom. The summed E-state index contributed by atoms with van der Waals surface area (Å²) < 4.78 is 42.3. The van der Waals surface area contributed by atoms with Gasteiger partial charge in [0.05, 0.1) is 35.2 Å². The Labute approximate surface area is 375 Å². The Hall–Kier alpha value is -6.01. The van der Waals surface area contributed by atoms with Crippen LogP contribution in [0.3, 0.4) is 0 Å². The summed E-state index contributed by atoms with van der Waals surface area (Å²) in [6.07, 6.45) is 4.57. The number of benzene rings is 3. The number of esters is 1. The van der Waals surface area contributed by atoms with E-state index in [4.69, 9.17) is 37.8 Å². The quantitative estimate of drug-likeness (QED) is 0.107. The normalized spacial score (nSPS) is 28.5. The molecule has 4 aromatic rings. The highest BCUT2D eigenvalue weighted by molar-refractivity contribution is 6.16. The van der Waals surface area contributed by atoms with E-state index in [2.05, 4.69) is 5.32 Å². The summed E-state index contributed by atoms with van der Waals surface area (Å²) in [6, 6.07) is 2.70. The fourth-order valence-electron chi connectivity index (χ4n) is 8.71. The van der Waals surface area contributed by atoms with Crippen LogP contribution in [0.4, 0.5) is 5.69 Å². The molecule has 1 aromatic heterocycles. The minimum atomic E-state index is -1.97. The molecule has 0 saturated carbocycles. The maximum atomic E-state index is 14.8. The molecular weight excluding hydrogens is 843 g/mol. The van der Waals surface area contributed by atoms with Gasteiger partial charge in [-0.3, -0.25) is 19.2 Å². The highest BCUT2D eigenvalue weighted by Crippen LogP contribution is 2.42. The van der Waals surface area contributed by atoms with Crippen molar-refractivity contribution < 1.29 is 57.7 Å². The van der Waals surface area contributed by atoms with Gasteiger partial charge in [-0.15, -0.1) is 0 Å². The third-order valence-electron chi connectivity index (χ3n) is 12.4. The molecule has 350 valence electrons. The second-order valence-electron chi connectivity index (χ2n) is 17.4. The summed E-state index contributed by atoms with van der Waals surface area (Å²) in [5, 5.41) is 37.6. The van der Waals surface area contributed by atoms with E-state index in [1.165, 1.54) is 66.4 Å². The second-order valence-corrected chi connectivity index (χ2v) is 17.4.